The quantitative estimate of drug-likeness (QED) is 0.502. The Morgan fingerprint density at radius 3 is 2.65 bits per heavy atom. The summed E-state index contributed by atoms with van der Waals surface area (Å²) in [6, 6.07) is 8.00. The number of halogens is 3. The van der Waals surface area contributed by atoms with Crippen molar-refractivity contribution in [3.63, 3.8) is 0 Å². The smallest absolute Gasteiger partial charge is 0.395 e. The van der Waals surface area contributed by atoms with Gasteiger partial charge in [-0.1, -0.05) is 23.5 Å². The third-order valence-electron chi connectivity index (χ3n) is 6.45. The molecule has 0 saturated carbocycles. The molecule has 4 heterocycles. The Kier molecular flexibility index (Phi) is 6.34. The minimum Gasteiger partial charge on any atom is -0.593 e. The summed E-state index contributed by atoms with van der Waals surface area (Å²) in [5, 5.41) is 0.0246. The first-order chi connectivity index (χ1) is 16.2. The van der Waals surface area contributed by atoms with Crippen LogP contribution in [0.5, 0.6) is 0 Å². The summed E-state index contributed by atoms with van der Waals surface area (Å²) in [6.45, 7) is 4.43. The molecule has 2 aliphatic rings. The van der Waals surface area contributed by atoms with Gasteiger partial charge in [0, 0.05) is 31.6 Å². The fraction of sp³-hybridized carbons (Fsp3) is 0.500. The van der Waals surface area contributed by atoms with Gasteiger partial charge in [-0.15, -0.1) is 0 Å². The molecule has 1 aromatic carbocycles. The first-order valence-corrected chi connectivity index (χ1v) is 13.4. The van der Waals surface area contributed by atoms with Crippen LogP contribution in [0.2, 0.25) is 0 Å². The van der Waals surface area contributed by atoms with Gasteiger partial charge in [0.1, 0.15) is 27.9 Å². The number of aromatic nitrogens is 3. The average molecular weight is 511 g/mol. The molecule has 0 aliphatic carbocycles. The van der Waals surface area contributed by atoms with E-state index in [1.54, 1.807) is 6.26 Å². The van der Waals surface area contributed by atoms with E-state index in [9.17, 15) is 17.7 Å². The number of anilines is 2. The van der Waals surface area contributed by atoms with Gasteiger partial charge in [-0.3, -0.25) is 4.90 Å². The second-order valence-electron chi connectivity index (χ2n) is 9.14. The highest BCUT2D eigenvalue weighted by atomic mass is 32.2. The zero-order chi connectivity index (χ0) is 23.9. The lowest BCUT2D eigenvalue weighted by molar-refractivity contribution is -0.127. The predicted octanol–water partition coefficient (Wildman–Crippen LogP) is 4.00. The van der Waals surface area contributed by atoms with E-state index in [1.165, 1.54) is 11.9 Å². The van der Waals surface area contributed by atoms with Crippen molar-refractivity contribution >= 4 is 44.6 Å². The molecular formula is C22H25F3N6OS2. The third-order valence-corrected chi connectivity index (χ3v) is 7.94. The Balaban J connectivity index is 1.25. The highest BCUT2D eigenvalue weighted by molar-refractivity contribution is 7.92. The summed E-state index contributed by atoms with van der Waals surface area (Å²) in [5.41, 5.74) is 2.66. The van der Waals surface area contributed by atoms with E-state index >= 15 is 0 Å². The number of likely N-dealkylation sites (tertiary alicyclic amines) is 1. The van der Waals surface area contributed by atoms with E-state index in [-0.39, 0.29) is 10.4 Å². The first-order valence-electron chi connectivity index (χ1n) is 11.0. The highest BCUT2D eigenvalue weighted by Gasteiger charge is 2.44. The molecule has 0 bridgehead atoms. The van der Waals surface area contributed by atoms with E-state index in [0.29, 0.717) is 16.2 Å². The van der Waals surface area contributed by atoms with Crippen LogP contribution >= 0.6 is 11.3 Å². The molecule has 7 nitrogen and oxygen atoms in total. The van der Waals surface area contributed by atoms with E-state index < -0.39 is 24.0 Å². The molecule has 2 atom stereocenters. The number of benzene rings is 1. The summed E-state index contributed by atoms with van der Waals surface area (Å²) in [5.74, 6) is 0.640. The second kappa shape index (κ2) is 9.14. The van der Waals surface area contributed by atoms with Crippen molar-refractivity contribution in [3.8, 4) is 0 Å². The standard InChI is InChI=1S/C22H25F3N6OS2/c1-34(32)29-16-4-2-15(3-5-16)11-30-8-6-21(12-30)7-9-31(13-21)19-18-20(27-14-26-19)33-17(28-18)10-22(23,24)25/h2-5,14,29H,6-13H2,1H3. The lowest BCUT2D eigenvalue weighted by atomic mass is 9.86. The Morgan fingerprint density at radius 2 is 1.91 bits per heavy atom. The first kappa shape index (κ1) is 23.6. The molecule has 5 rings (SSSR count). The van der Waals surface area contributed by atoms with E-state index in [0.717, 1.165) is 62.6 Å². The summed E-state index contributed by atoms with van der Waals surface area (Å²) in [6.07, 6.45) is -0.225. The third kappa shape index (κ3) is 5.24. The largest absolute Gasteiger partial charge is 0.593 e. The molecule has 12 heteroatoms. The van der Waals surface area contributed by atoms with Crippen LogP contribution in [0.15, 0.2) is 30.6 Å². The van der Waals surface area contributed by atoms with Crippen LogP contribution < -0.4 is 9.62 Å². The zero-order valence-corrected chi connectivity index (χ0v) is 20.3. The summed E-state index contributed by atoms with van der Waals surface area (Å²) >= 11 is -0.105. The van der Waals surface area contributed by atoms with Crippen LogP contribution in [0, 0.1) is 5.41 Å². The number of thiazole rings is 1. The fourth-order valence-electron chi connectivity index (χ4n) is 4.98. The van der Waals surface area contributed by atoms with Crippen molar-refractivity contribution in [3.05, 3.63) is 41.2 Å². The number of rotatable bonds is 6. The van der Waals surface area contributed by atoms with Crippen LogP contribution in [0.1, 0.15) is 23.4 Å². The minimum absolute atomic E-state index is 0.0246. The van der Waals surface area contributed by atoms with Crippen LogP contribution in [0.25, 0.3) is 10.3 Å². The topological polar surface area (TPSA) is 80.2 Å². The van der Waals surface area contributed by atoms with Gasteiger partial charge < -0.3 is 9.45 Å². The maximum absolute atomic E-state index is 12.8. The predicted molar refractivity (Wildman–Crippen MR) is 128 cm³/mol. The molecule has 0 radical (unpaired) electrons. The molecule has 2 unspecified atom stereocenters. The van der Waals surface area contributed by atoms with Gasteiger partial charge in [-0.05, 0) is 37.1 Å². The van der Waals surface area contributed by atoms with Crippen LogP contribution in [0.3, 0.4) is 0 Å². The maximum Gasteiger partial charge on any atom is 0.395 e. The van der Waals surface area contributed by atoms with Crippen LogP contribution in [-0.4, -0.2) is 63.0 Å². The summed E-state index contributed by atoms with van der Waals surface area (Å²) in [4.78, 5) is 17.9. The van der Waals surface area contributed by atoms with Crippen LogP contribution in [0.4, 0.5) is 24.7 Å². The molecule has 0 amide bonds. The molecule has 2 fully saturated rings. The monoisotopic (exact) mass is 510 g/mol. The van der Waals surface area contributed by atoms with Gasteiger partial charge in [0.25, 0.3) is 0 Å². The van der Waals surface area contributed by atoms with Crippen molar-refractivity contribution < 1.29 is 17.7 Å². The van der Waals surface area contributed by atoms with Gasteiger partial charge in [-0.2, -0.15) is 13.2 Å². The second-order valence-corrected chi connectivity index (χ2v) is 11.3. The van der Waals surface area contributed by atoms with Crippen LogP contribution in [-0.2, 0) is 24.3 Å². The highest BCUT2D eigenvalue weighted by Crippen LogP contribution is 2.42. The van der Waals surface area contributed by atoms with Crippen molar-refractivity contribution in [1.82, 2.24) is 19.9 Å². The summed E-state index contributed by atoms with van der Waals surface area (Å²) in [7, 11) is 0. The van der Waals surface area contributed by atoms with E-state index in [1.807, 2.05) is 12.1 Å². The molecule has 2 aromatic heterocycles. The molecule has 1 spiro atoms. The van der Waals surface area contributed by atoms with E-state index in [4.69, 9.17) is 0 Å². The maximum atomic E-state index is 12.8. The van der Waals surface area contributed by atoms with Crippen molar-refractivity contribution in [2.24, 2.45) is 5.41 Å². The Bertz CT molecular complexity index is 1160. The average Bonchev–Trinajstić information content (AvgIpc) is 3.46. The SMILES string of the molecule is C[S+]([O-])Nc1ccc(CN2CCC3(CCN(c4ncnc5sc(CC(F)(F)F)nc45)C3)C2)cc1. The van der Waals surface area contributed by atoms with Gasteiger partial charge in [0.2, 0.25) is 0 Å². The molecule has 2 saturated heterocycles. The summed E-state index contributed by atoms with van der Waals surface area (Å²) < 4.78 is 52.7. The lowest BCUT2D eigenvalue weighted by Crippen LogP contribution is -2.31. The van der Waals surface area contributed by atoms with Crippen molar-refractivity contribution in [2.45, 2.75) is 32.0 Å². The molecule has 3 aromatic rings. The van der Waals surface area contributed by atoms with Gasteiger partial charge >= 0.3 is 6.18 Å². The fourth-order valence-corrected chi connectivity index (χ4v) is 6.38. The molecule has 2 aliphatic heterocycles. The number of nitrogens with one attached hydrogen (secondary N) is 1. The van der Waals surface area contributed by atoms with E-state index in [2.05, 4.69) is 41.6 Å². The van der Waals surface area contributed by atoms with Gasteiger partial charge in [0.05, 0.1) is 23.5 Å². The number of hydrogen-bond donors (Lipinski definition) is 1. The number of alkyl halides is 3. The Morgan fingerprint density at radius 1 is 1.15 bits per heavy atom. The Hall–Kier alpha value is -2.15. The number of nitrogens with zero attached hydrogens (tertiary/aromatic N) is 5. The molecule has 182 valence electrons. The normalized spacial score (nSPS) is 22.2. The molecular weight excluding hydrogens is 485 g/mol. The number of fused-ring (bicyclic) bond motifs is 1. The molecule has 34 heavy (non-hydrogen) atoms. The van der Waals surface area contributed by atoms with Crippen molar-refractivity contribution in [1.29, 1.82) is 0 Å². The molecule has 1 N–H and O–H groups in total. The zero-order valence-electron chi connectivity index (χ0n) is 18.6. The van der Waals surface area contributed by atoms with Gasteiger partial charge in [0.15, 0.2) is 5.82 Å². The Labute approximate surface area is 202 Å². The lowest BCUT2D eigenvalue weighted by Gasteiger charge is -2.25. The van der Waals surface area contributed by atoms with Gasteiger partial charge in [-0.25, -0.2) is 19.7 Å². The van der Waals surface area contributed by atoms with Crippen molar-refractivity contribution in [2.75, 3.05) is 42.1 Å². The minimum atomic E-state index is -4.29. The number of hydrogen-bond acceptors (Lipinski definition) is 8.